The quantitative estimate of drug-likeness (QED) is 0.679. The summed E-state index contributed by atoms with van der Waals surface area (Å²) in [6, 6.07) is 18.2. The molecule has 0 aliphatic heterocycles. The lowest BCUT2D eigenvalue weighted by atomic mass is 10.0. The molecule has 0 saturated carbocycles. The molecule has 0 aliphatic rings. The highest BCUT2D eigenvalue weighted by Crippen LogP contribution is 2.20. The van der Waals surface area contributed by atoms with Crippen molar-refractivity contribution in [2.24, 2.45) is 0 Å². The highest BCUT2D eigenvalue weighted by atomic mass is 16.5. The molecule has 21 heavy (non-hydrogen) atoms. The van der Waals surface area contributed by atoms with E-state index >= 15 is 0 Å². The van der Waals surface area contributed by atoms with Crippen molar-refractivity contribution in [2.75, 3.05) is 6.61 Å². The number of rotatable bonds is 4. The van der Waals surface area contributed by atoms with Crippen LogP contribution in [-0.4, -0.2) is 17.1 Å². The lowest BCUT2D eigenvalue weighted by Gasteiger charge is -2.11. The number of nitrogens with zero attached hydrogens (tertiary/aromatic N) is 1. The monoisotopic (exact) mass is 279 g/mol. The van der Waals surface area contributed by atoms with Gasteiger partial charge in [0.1, 0.15) is 5.69 Å². The average Bonchev–Trinajstić information content (AvgIpc) is 2.96. The van der Waals surface area contributed by atoms with Crippen molar-refractivity contribution in [3.63, 3.8) is 0 Å². The zero-order valence-corrected chi connectivity index (χ0v) is 12.0. The molecule has 3 rings (SSSR count). The van der Waals surface area contributed by atoms with Crippen LogP contribution in [0.2, 0.25) is 0 Å². The van der Waals surface area contributed by atoms with Gasteiger partial charge < -0.3 is 9.30 Å². The number of hydrogen-bond acceptors (Lipinski definition) is 2. The molecular weight excluding hydrogens is 262 g/mol. The highest BCUT2D eigenvalue weighted by molar-refractivity contribution is 5.88. The number of carbonyl (C=O) groups excluding carboxylic acids is 1. The van der Waals surface area contributed by atoms with Gasteiger partial charge in [-0.2, -0.15) is 0 Å². The molecule has 0 fully saturated rings. The first-order valence-electron chi connectivity index (χ1n) is 7.08. The molecule has 3 heteroatoms. The summed E-state index contributed by atoms with van der Waals surface area (Å²) in [5.74, 6) is -0.275. The standard InChI is InChI=1S/C18H17NO2/c1-2-21-18(20)17-11-6-12-19(17)13-15-9-5-8-14-7-3-4-10-16(14)15/h3-12H,2,13H2,1H3. The maximum atomic E-state index is 11.9. The van der Waals surface area contributed by atoms with Gasteiger partial charge in [-0.3, -0.25) is 0 Å². The van der Waals surface area contributed by atoms with Crippen molar-refractivity contribution >= 4 is 16.7 Å². The maximum absolute atomic E-state index is 11.9. The zero-order valence-electron chi connectivity index (χ0n) is 12.0. The van der Waals surface area contributed by atoms with Crippen LogP contribution >= 0.6 is 0 Å². The van der Waals surface area contributed by atoms with Crippen molar-refractivity contribution in [1.82, 2.24) is 4.57 Å². The third kappa shape index (κ3) is 2.68. The molecule has 2 aromatic carbocycles. The number of esters is 1. The van der Waals surface area contributed by atoms with E-state index < -0.39 is 0 Å². The molecule has 0 atom stereocenters. The Morgan fingerprint density at radius 3 is 2.71 bits per heavy atom. The SMILES string of the molecule is CCOC(=O)c1cccn1Cc1cccc2ccccc12. The number of hydrogen-bond donors (Lipinski definition) is 0. The molecule has 0 aliphatic carbocycles. The van der Waals surface area contributed by atoms with Crippen molar-refractivity contribution in [2.45, 2.75) is 13.5 Å². The molecule has 0 unspecified atom stereocenters. The van der Waals surface area contributed by atoms with Crippen LogP contribution in [0.4, 0.5) is 0 Å². The summed E-state index contributed by atoms with van der Waals surface area (Å²) in [5.41, 5.74) is 1.78. The summed E-state index contributed by atoms with van der Waals surface area (Å²) in [6.45, 7) is 2.86. The van der Waals surface area contributed by atoms with Crippen LogP contribution in [-0.2, 0) is 11.3 Å². The number of benzene rings is 2. The number of fused-ring (bicyclic) bond motifs is 1. The fourth-order valence-electron chi connectivity index (χ4n) is 2.56. The van der Waals surface area contributed by atoms with Gasteiger partial charge in [0.15, 0.2) is 0 Å². The Bertz CT molecular complexity index is 768. The van der Waals surface area contributed by atoms with Gasteiger partial charge in [-0.15, -0.1) is 0 Å². The summed E-state index contributed by atoms with van der Waals surface area (Å²) in [5, 5.41) is 2.42. The molecule has 1 heterocycles. The number of carbonyl (C=O) groups is 1. The van der Waals surface area contributed by atoms with E-state index in [4.69, 9.17) is 4.74 Å². The first kappa shape index (κ1) is 13.4. The fourth-order valence-corrected chi connectivity index (χ4v) is 2.56. The normalized spacial score (nSPS) is 10.7. The molecular formula is C18H17NO2. The van der Waals surface area contributed by atoms with E-state index in [1.807, 2.05) is 42.0 Å². The van der Waals surface area contributed by atoms with Gasteiger partial charge in [-0.25, -0.2) is 4.79 Å². The molecule has 0 N–H and O–H groups in total. The van der Waals surface area contributed by atoms with E-state index in [0.29, 0.717) is 18.8 Å². The summed E-state index contributed by atoms with van der Waals surface area (Å²) < 4.78 is 7.02. The van der Waals surface area contributed by atoms with Crippen LogP contribution in [0.5, 0.6) is 0 Å². The van der Waals surface area contributed by atoms with Crippen molar-refractivity contribution in [3.05, 3.63) is 72.1 Å². The van der Waals surface area contributed by atoms with Gasteiger partial charge in [0.2, 0.25) is 0 Å². The van der Waals surface area contributed by atoms with E-state index in [0.717, 1.165) is 0 Å². The Balaban J connectivity index is 1.96. The maximum Gasteiger partial charge on any atom is 0.354 e. The Morgan fingerprint density at radius 2 is 1.86 bits per heavy atom. The summed E-state index contributed by atoms with van der Waals surface area (Å²) >= 11 is 0. The first-order chi connectivity index (χ1) is 10.3. The van der Waals surface area contributed by atoms with Gasteiger partial charge in [-0.1, -0.05) is 42.5 Å². The predicted molar refractivity (Wildman–Crippen MR) is 83.4 cm³/mol. The van der Waals surface area contributed by atoms with Crippen molar-refractivity contribution in [1.29, 1.82) is 0 Å². The zero-order chi connectivity index (χ0) is 14.7. The van der Waals surface area contributed by atoms with Gasteiger partial charge >= 0.3 is 5.97 Å². The van der Waals surface area contributed by atoms with Crippen molar-refractivity contribution < 1.29 is 9.53 Å². The largest absolute Gasteiger partial charge is 0.461 e. The first-order valence-corrected chi connectivity index (χ1v) is 7.08. The van der Waals surface area contributed by atoms with Crippen LogP contribution in [0.25, 0.3) is 10.8 Å². The van der Waals surface area contributed by atoms with Crippen molar-refractivity contribution in [3.8, 4) is 0 Å². The molecule has 0 saturated heterocycles. The smallest absolute Gasteiger partial charge is 0.354 e. The Labute approximate surface area is 123 Å². The summed E-state index contributed by atoms with van der Waals surface area (Å²) in [7, 11) is 0. The average molecular weight is 279 g/mol. The van der Waals surface area contributed by atoms with E-state index in [9.17, 15) is 4.79 Å². The minimum Gasteiger partial charge on any atom is -0.461 e. The Kier molecular flexibility index (Phi) is 3.73. The Morgan fingerprint density at radius 1 is 1.05 bits per heavy atom. The van der Waals surface area contributed by atoms with E-state index in [2.05, 4.69) is 24.3 Å². The molecule has 106 valence electrons. The number of aromatic nitrogens is 1. The van der Waals surface area contributed by atoms with Crippen LogP contribution < -0.4 is 0 Å². The van der Waals surface area contributed by atoms with Crippen LogP contribution in [0.1, 0.15) is 23.0 Å². The highest BCUT2D eigenvalue weighted by Gasteiger charge is 2.12. The summed E-state index contributed by atoms with van der Waals surface area (Å²) in [6.07, 6.45) is 1.91. The molecule has 0 bridgehead atoms. The van der Waals surface area contributed by atoms with E-state index in [-0.39, 0.29) is 5.97 Å². The third-order valence-corrected chi connectivity index (χ3v) is 3.53. The van der Waals surface area contributed by atoms with E-state index in [1.54, 1.807) is 6.07 Å². The lowest BCUT2D eigenvalue weighted by molar-refractivity contribution is 0.0514. The van der Waals surface area contributed by atoms with Crippen LogP contribution in [0, 0.1) is 0 Å². The minimum atomic E-state index is -0.275. The third-order valence-electron chi connectivity index (χ3n) is 3.53. The second-order valence-corrected chi connectivity index (χ2v) is 4.88. The van der Waals surface area contributed by atoms with Crippen LogP contribution in [0.15, 0.2) is 60.8 Å². The van der Waals surface area contributed by atoms with Crippen LogP contribution in [0.3, 0.4) is 0 Å². The lowest BCUT2D eigenvalue weighted by Crippen LogP contribution is -2.12. The Hall–Kier alpha value is -2.55. The van der Waals surface area contributed by atoms with Gasteiger partial charge in [0.25, 0.3) is 0 Å². The molecule has 0 spiro atoms. The second-order valence-electron chi connectivity index (χ2n) is 4.88. The fraction of sp³-hybridized carbons (Fsp3) is 0.167. The molecule has 3 nitrogen and oxygen atoms in total. The summed E-state index contributed by atoms with van der Waals surface area (Å²) in [4.78, 5) is 11.9. The van der Waals surface area contributed by atoms with Gasteiger partial charge in [0.05, 0.1) is 6.61 Å². The minimum absolute atomic E-state index is 0.275. The van der Waals surface area contributed by atoms with Gasteiger partial charge in [0, 0.05) is 12.7 Å². The molecule has 0 radical (unpaired) electrons. The van der Waals surface area contributed by atoms with Gasteiger partial charge in [-0.05, 0) is 35.4 Å². The predicted octanol–water partition coefficient (Wildman–Crippen LogP) is 3.87. The topological polar surface area (TPSA) is 31.2 Å². The second kappa shape index (κ2) is 5.83. The molecule has 0 amide bonds. The number of ether oxygens (including phenoxy) is 1. The van der Waals surface area contributed by atoms with E-state index in [1.165, 1.54) is 16.3 Å². The molecule has 1 aromatic heterocycles. The molecule has 3 aromatic rings.